The van der Waals surface area contributed by atoms with Crippen LogP contribution in [0.4, 0.5) is 10.1 Å². The third-order valence-corrected chi connectivity index (χ3v) is 3.89. The summed E-state index contributed by atoms with van der Waals surface area (Å²) < 4.78 is 13.4. The Morgan fingerprint density at radius 3 is 2.80 bits per heavy atom. The summed E-state index contributed by atoms with van der Waals surface area (Å²) in [6.45, 7) is 1.48. The number of anilines is 1. The van der Waals surface area contributed by atoms with Crippen LogP contribution < -0.4 is 4.90 Å². The zero-order valence-electron chi connectivity index (χ0n) is 11.3. The molecule has 0 radical (unpaired) electrons. The highest BCUT2D eigenvalue weighted by Crippen LogP contribution is 2.30. The van der Waals surface area contributed by atoms with Gasteiger partial charge in [-0.15, -0.1) is 0 Å². The SMILES string of the molecule is Oc1c(F)cccc1CN1CCCCc2ccccc21. The zero-order chi connectivity index (χ0) is 13.9. The standard InChI is InChI=1S/C17H18FNO/c18-15-9-5-8-14(17(15)20)12-19-11-4-3-7-13-6-1-2-10-16(13)19/h1-2,5-6,8-10,20H,3-4,7,11-12H2. The Hall–Kier alpha value is -2.03. The average molecular weight is 271 g/mol. The molecule has 3 rings (SSSR count). The minimum absolute atomic E-state index is 0.228. The molecule has 2 aromatic rings. The molecule has 0 unspecified atom stereocenters. The fourth-order valence-corrected chi connectivity index (χ4v) is 2.83. The van der Waals surface area contributed by atoms with Crippen LogP contribution in [0.5, 0.6) is 5.75 Å². The number of aromatic hydroxyl groups is 1. The molecule has 0 fully saturated rings. The molecular formula is C17H18FNO. The zero-order valence-corrected chi connectivity index (χ0v) is 11.3. The minimum Gasteiger partial charge on any atom is -0.505 e. The molecule has 0 aromatic heterocycles. The Balaban J connectivity index is 1.92. The van der Waals surface area contributed by atoms with E-state index < -0.39 is 5.82 Å². The van der Waals surface area contributed by atoms with E-state index in [-0.39, 0.29) is 5.75 Å². The van der Waals surface area contributed by atoms with E-state index >= 15 is 0 Å². The molecule has 0 bridgehead atoms. The van der Waals surface area contributed by atoms with Gasteiger partial charge >= 0.3 is 0 Å². The van der Waals surface area contributed by atoms with Gasteiger partial charge in [-0.3, -0.25) is 0 Å². The Bertz CT molecular complexity index is 612. The number of phenols is 1. The fourth-order valence-electron chi connectivity index (χ4n) is 2.83. The van der Waals surface area contributed by atoms with Crippen LogP contribution in [0.25, 0.3) is 0 Å². The molecular weight excluding hydrogens is 253 g/mol. The van der Waals surface area contributed by atoms with E-state index in [0.717, 1.165) is 19.4 Å². The number of phenolic OH excluding ortho intramolecular Hbond substituents is 1. The lowest BCUT2D eigenvalue weighted by molar-refractivity contribution is 0.425. The predicted octanol–water partition coefficient (Wildman–Crippen LogP) is 3.87. The number of hydrogen-bond acceptors (Lipinski definition) is 2. The first-order chi connectivity index (χ1) is 9.75. The third kappa shape index (κ3) is 2.48. The van der Waals surface area contributed by atoms with Gasteiger partial charge in [0.1, 0.15) is 0 Å². The van der Waals surface area contributed by atoms with Gasteiger partial charge in [0.05, 0.1) is 0 Å². The third-order valence-electron chi connectivity index (χ3n) is 3.89. The second-order valence-electron chi connectivity index (χ2n) is 5.25. The van der Waals surface area contributed by atoms with Gasteiger partial charge in [-0.2, -0.15) is 0 Å². The number of hydrogen-bond donors (Lipinski definition) is 1. The number of para-hydroxylation sites is 2. The Morgan fingerprint density at radius 2 is 1.90 bits per heavy atom. The van der Waals surface area contributed by atoms with Gasteiger partial charge in [0, 0.05) is 24.3 Å². The number of benzene rings is 2. The van der Waals surface area contributed by atoms with Gasteiger partial charge in [0.2, 0.25) is 0 Å². The minimum atomic E-state index is -0.550. The van der Waals surface area contributed by atoms with E-state index in [9.17, 15) is 9.50 Å². The van der Waals surface area contributed by atoms with Crippen LogP contribution in [0.2, 0.25) is 0 Å². The van der Waals surface area contributed by atoms with Crippen molar-refractivity contribution in [3.63, 3.8) is 0 Å². The van der Waals surface area contributed by atoms with Crippen LogP contribution >= 0.6 is 0 Å². The monoisotopic (exact) mass is 271 g/mol. The summed E-state index contributed by atoms with van der Waals surface area (Å²) in [6.07, 6.45) is 3.37. The van der Waals surface area contributed by atoms with Gasteiger partial charge in [0.25, 0.3) is 0 Å². The van der Waals surface area contributed by atoms with Gasteiger partial charge < -0.3 is 10.0 Å². The topological polar surface area (TPSA) is 23.5 Å². The number of halogens is 1. The molecule has 0 saturated carbocycles. The highest BCUT2D eigenvalue weighted by Gasteiger charge is 2.17. The molecule has 104 valence electrons. The fraction of sp³-hybridized carbons (Fsp3) is 0.294. The highest BCUT2D eigenvalue weighted by atomic mass is 19.1. The smallest absolute Gasteiger partial charge is 0.165 e. The first kappa shape index (κ1) is 13.0. The first-order valence-corrected chi connectivity index (χ1v) is 7.05. The number of fused-ring (bicyclic) bond motifs is 1. The number of nitrogens with zero attached hydrogens (tertiary/aromatic N) is 1. The first-order valence-electron chi connectivity index (χ1n) is 7.05. The van der Waals surface area contributed by atoms with Crippen molar-refractivity contribution in [1.82, 2.24) is 0 Å². The van der Waals surface area contributed by atoms with Crippen LogP contribution in [-0.2, 0) is 13.0 Å². The molecule has 0 saturated heterocycles. The average Bonchev–Trinajstić information content (AvgIpc) is 2.67. The maximum Gasteiger partial charge on any atom is 0.165 e. The lowest BCUT2D eigenvalue weighted by atomic mass is 10.1. The molecule has 2 nitrogen and oxygen atoms in total. The lowest BCUT2D eigenvalue weighted by Gasteiger charge is -2.25. The van der Waals surface area contributed by atoms with Crippen molar-refractivity contribution in [1.29, 1.82) is 0 Å². The molecule has 0 aliphatic carbocycles. The maximum absolute atomic E-state index is 13.4. The van der Waals surface area contributed by atoms with E-state index in [1.54, 1.807) is 12.1 Å². The van der Waals surface area contributed by atoms with Gasteiger partial charge in [-0.25, -0.2) is 4.39 Å². The van der Waals surface area contributed by atoms with Gasteiger partial charge in [-0.05, 0) is 37.0 Å². The van der Waals surface area contributed by atoms with Crippen LogP contribution in [0.3, 0.4) is 0 Å². The second kappa shape index (κ2) is 5.53. The predicted molar refractivity (Wildman–Crippen MR) is 78.5 cm³/mol. The van der Waals surface area contributed by atoms with E-state index in [2.05, 4.69) is 23.1 Å². The molecule has 0 atom stereocenters. The quantitative estimate of drug-likeness (QED) is 0.896. The van der Waals surface area contributed by atoms with Crippen molar-refractivity contribution < 1.29 is 9.50 Å². The summed E-state index contributed by atoms with van der Waals surface area (Å²) in [6, 6.07) is 13.1. The number of aryl methyl sites for hydroxylation is 1. The van der Waals surface area contributed by atoms with Crippen molar-refractivity contribution in [2.24, 2.45) is 0 Å². The molecule has 1 aliphatic rings. The summed E-state index contributed by atoms with van der Waals surface area (Å²) in [5.74, 6) is -0.778. The lowest BCUT2D eigenvalue weighted by Crippen LogP contribution is -2.23. The van der Waals surface area contributed by atoms with Crippen LogP contribution in [-0.4, -0.2) is 11.7 Å². The van der Waals surface area contributed by atoms with E-state index in [1.807, 2.05) is 6.07 Å². The summed E-state index contributed by atoms with van der Waals surface area (Å²) in [7, 11) is 0. The summed E-state index contributed by atoms with van der Waals surface area (Å²) in [4.78, 5) is 2.23. The molecule has 20 heavy (non-hydrogen) atoms. The van der Waals surface area contributed by atoms with Crippen molar-refractivity contribution in [3.8, 4) is 5.75 Å². The van der Waals surface area contributed by atoms with E-state index in [4.69, 9.17) is 0 Å². The summed E-state index contributed by atoms with van der Waals surface area (Å²) >= 11 is 0. The van der Waals surface area contributed by atoms with Crippen molar-refractivity contribution in [2.75, 3.05) is 11.4 Å². The van der Waals surface area contributed by atoms with Gasteiger partial charge in [0.15, 0.2) is 11.6 Å². The molecule has 1 heterocycles. The second-order valence-corrected chi connectivity index (χ2v) is 5.25. The van der Waals surface area contributed by atoms with Crippen molar-refractivity contribution in [3.05, 3.63) is 59.4 Å². The highest BCUT2D eigenvalue weighted by molar-refractivity contribution is 5.55. The van der Waals surface area contributed by atoms with Crippen LogP contribution in [0.15, 0.2) is 42.5 Å². The molecule has 0 amide bonds. The van der Waals surface area contributed by atoms with E-state index in [0.29, 0.717) is 12.1 Å². The molecule has 1 aliphatic heterocycles. The molecule has 0 spiro atoms. The summed E-state index contributed by atoms with van der Waals surface area (Å²) in [5.41, 5.74) is 3.18. The van der Waals surface area contributed by atoms with Crippen LogP contribution in [0, 0.1) is 5.82 Å². The van der Waals surface area contributed by atoms with Gasteiger partial charge in [-0.1, -0.05) is 30.3 Å². The molecule has 3 heteroatoms. The van der Waals surface area contributed by atoms with E-state index in [1.165, 1.54) is 23.7 Å². The summed E-state index contributed by atoms with van der Waals surface area (Å²) in [5, 5.41) is 9.84. The van der Waals surface area contributed by atoms with Crippen molar-refractivity contribution in [2.45, 2.75) is 25.8 Å². The Kier molecular flexibility index (Phi) is 3.59. The normalized spacial score (nSPS) is 14.8. The Labute approximate surface area is 118 Å². The van der Waals surface area contributed by atoms with Crippen molar-refractivity contribution >= 4 is 5.69 Å². The molecule has 1 N–H and O–H groups in total. The Morgan fingerprint density at radius 1 is 1.05 bits per heavy atom. The molecule has 2 aromatic carbocycles. The largest absolute Gasteiger partial charge is 0.505 e. The van der Waals surface area contributed by atoms with Crippen LogP contribution in [0.1, 0.15) is 24.0 Å². The maximum atomic E-state index is 13.4. The number of rotatable bonds is 2.